The van der Waals surface area contributed by atoms with Crippen molar-refractivity contribution >= 4 is 5.97 Å². The summed E-state index contributed by atoms with van der Waals surface area (Å²) in [5.41, 5.74) is 0. The van der Waals surface area contributed by atoms with Crippen LogP contribution in [0, 0.1) is 0 Å². The van der Waals surface area contributed by atoms with Crippen LogP contribution in [0.1, 0.15) is 0 Å². The van der Waals surface area contributed by atoms with Gasteiger partial charge in [0.2, 0.25) is 5.83 Å². The van der Waals surface area contributed by atoms with E-state index in [4.69, 9.17) is 0 Å². The highest BCUT2D eigenvalue weighted by Crippen LogP contribution is 2.67. The van der Waals surface area contributed by atoms with Crippen molar-refractivity contribution in [1.82, 2.24) is 0 Å². The molecule has 0 amide bonds. The van der Waals surface area contributed by atoms with E-state index in [1.807, 2.05) is 6.58 Å². The highest BCUT2D eigenvalue weighted by Gasteiger charge is 2.98. The minimum atomic E-state index is -9.51. The standard InChI is InChI=1S/C15H4F24O2/c1-3(16)4(40)41-2-5(17,18)6(19,20)7(21,22)8(23,24)9(25,26)10(27,28)11(29,30)12(31,32)13(33,34)14(35,36)15(37,38)39/h1-2H2. The Morgan fingerprint density at radius 2 is 0.659 bits per heavy atom. The third kappa shape index (κ3) is 4.98. The molecule has 0 saturated heterocycles. The molecule has 0 aromatic carbocycles. The monoisotopic (exact) mass is 672 g/mol. The molecule has 26 heteroatoms. The van der Waals surface area contributed by atoms with E-state index in [0.29, 0.717) is 0 Å². The second kappa shape index (κ2) is 9.79. The predicted octanol–water partition coefficient (Wildman–Crippen LogP) is 7.93. The SMILES string of the molecule is C=C(F)C(=O)OCC(F)(F)C(F)(F)C(F)(F)C(F)(F)C(F)(F)C(F)(F)C(F)(F)C(F)(F)C(F)(F)C(F)(F)C(F)(F)F. The van der Waals surface area contributed by atoms with Gasteiger partial charge in [0.25, 0.3) is 0 Å². The zero-order valence-corrected chi connectivity index (χ0v) is 17.8. The second-order valence-corrected chi connectivity index (χ2v) is 7.35. The first-order valence-corrected chi connectivity index (χ1v) is 8.69. The molecule has 0 heterocycles. The van der Waals surface area contributed by atoms with Crippen molar-refractivity contribution in [2.75, 3.05) is 6.61 Å². The van der Waals surface area contributed by atoms with Crippen molar-refractivity contribution in [2.24, 2.45) is 0 Å². The van der Waals surface area contributed by atoms with Crippen LogP contribution in [0.4, 0.5) is 105 Å². The normalized spacial score (nSPS) is 16.1. The van der Waals surface area contributed by atoms with Gasteiger partial charge in [-0.1, -0.05) is 6.58 Å². The molecule has 0 unspecified atom stereocenters. The molecule has 0 aliphatic carbocycles. The van der Waals surface area contributed by atoms with E-state index in [2.05, 4.69) is 4.74 Å². The van der Waals surface area contributed by atoms with Gasteiger partial charge in [-0.05, 0) is 0 Å². The van der Waals surface area contributed by atoms with E-state index in [1.54, 1.807) is 0 Å². The molecule has 0 bridgehead atoms. The number of esters is 1. The lowest BCUT2D eigenvalue weighted by Gasteiger charge is -2.45. The van der Waals surface area contributed by atoms with Crippen LogP contribution in [0.5, 0.6) is 0 Å². The predicted molar refractivity (Wildman–Crippen MR) is 76.7 cm³/mol. The first-order chi connectivity index (χ1) is 17.3. The van der Waals surface area contributed by atoms with E-state index in [9.17, 15) is 110 Å². The van der Waals surface area contributed by atoms with Crippen LogP contribution in [0.25, 0.3) is 0 Å². The van der Waals surface area contributed by atoms with Gasteiger partial charge in [-0.25, -0.2) is 4.79 Å². The summed E-state index contributed by atoms with van der Waals surface area (Å²) in [6, 6.07) is 0. The lowest BCUT2D eigenvalue weighted by Crippen LogP contribution is -2.77. The van der Waals surface area contributed by atoms with Gasteiger partial charge in [0.15, 0.2) is 6.61 Å². The van der Waals surface area contributed by atoms with Gasteiger partial charge in [-0.2, -0.15) is 105 Å². The number of halogens is 24. The number of carbonyl (C=O) groups is 1. The molecule has 2 nitrogen and oxygen atoms in total. The van der Waals surface area contributed by atoms with Gasteiger partial charge >= 0.3 is 71.4 Å². The number of carbonyl (C=O) groups excluding carboxylic acids is 1. The maximum Gasteiger partial charge on any atom is 0.460 e. The summed E-state index contributed by atoms with van der Waals surface area (Å²) in [5.74, 6) is -94.7. The van der Waals surface area contributed by atoms with Crippen LogP contribution in [0.3, 0.4) is 0 Å². The molecule has 0 saturated carbocycles. The Bertz CT molecular complexity index is 1000. The molecule has 0 aliphatic rings. The van der Waals surface area contributed by atoms with Gasteiger partial charge < -0.3 is 4.74 Å². The van der Waals surface area contributed by atoms with E-state index in [-0.39, 0.29) is 0 Å². The lowest BCUT2D eigenvalue weighted by atomic mass is 9.85. The molecule has 0 spiro atoms. The Morgan fingerprint density at radius 3 is 0.878 bits per heavy atom. The number of alkyl halides is 23. The molecule has 0 rings (SSSR count). The largest absolute Gasteiger partial charge is 0.460 e. The maximum atomic E-state index is 13.6. The Morgan fingerprint density at radius 1 is 0.439 bits per heavy atom. The first-order valence-electron chi connectivity index (χ1n) is 8.69. The van der Waals surface area contributed by atoms with Crippen LogP contribution >= 0.6 is 0 Å². The minimum Gasteiger partial charge on any atom is -0.454 e. The zero-order chi connectivity index (χ0) is 34.1. The summed E-state index contributed by atoms with van der Waals surface area (Å²) in [5, 5.41) is 0. The summed E-state index contributed by atoms with van der Waals surface area (Å²) in [6.45, 7) is -1.83. The number of ether oxygens (including phenoxy) is 1. The molecule has 0 aromatic rings. The molecule has 0 fully saturated rings. The van der Waals surface area contributed by atoms with Crippen molar-refractivity contribution in [3.8, 4) is 0 Å². The molecule has 0 N–H and O–H groups in total. The van der Waals surface area contributed by atoms with Gasteiger partial charge in [0.1, 0.15) is 0 Å². The fourth-order valence-corrected chi connectivity index (χ4v) is 2.11. The molecule has 0 atom stereocenters. The van der Waals surface area contributed by atoms with Crippen LogP contribution in [-0.4, -0.2) is 78.0 Å². The Hall–Kier alpha value is -2.47. The smallest absolute Gasteiger partial charge is 0.454 e. The fourth-order valence-electron chi connectivity index (χ4n) is 2.11. The van der Waals surface area contributed by atoms with Crippen molar-refractivity contribution in [1.29, 1.82) is 0 Å². The summed E-state index contributed by atoms with van der Waals surface area (Å²) >= 11 is 0. The minimum absolute atomic E-state index is 1.93. The number of rotatable bonds is 12. The molecule has 244 valence electrons. The molecular formula is C15H4F24O2. The quantitative estimate of drug-likeness (QED) is 0.120. The molecule has 0 radical (unpaired) electrons. The zero-order valence-electron chi connectivity index (χ0n) is 17.8. The van der Waals surface area contributed by atoms with Gasteiger partial charge in [0, 0.05) is 0 Å². The van der Waals surface area contributed by atoms with Gasteiger partial charge in [-0.15, -0.1) is 0 Å². The highest BCUT2D eigenvalue weighted by molar-refractivity contribution is 5.85. The van der Waals surface area contributed by atoms with Crippen molar-refractivity contribution < 1.29 is 115 Å². The van der Waals surface area contributed by atoms with Crippen molar-refractivity contribution in [3.05, 3.63) is 12.4 Å². The summed E-state index contributed by atoms with van der Waals surface area (Å²) in [6.07, 6.45) is -8.14. The topological polar surface area (TPSA) is 26.3 Å². The Balaban J connectivity index is 7.08. The van der Waals surface area contributed by atoms with Crippen molar-refractivity contribution in [2.45, 2.75) is 65.4 Å². The average Bonchev–Trinajstić information content (AvgIpc) is 2.75. The van der Waals surface area contributed by atoms with Gasteiger partial charge in [-0.3, -0.25) is 0 Å². The van der Waals surface area contributed by atoms with Crippen LogP contribution < -0.4 is 0 Å². The molecular weight excluding hydrogens is 668 g/mol. The first kappa shape index (κ1) is 38.5. The lowest BCUT2D eigenvalue weighted by molar-refractivity contribution is -0.478. The molecule has 0 aromatic heterocycles. The third-order valence-corrected chi connectivity index (χ3v) is 4.58. The fraction of sp³-hybridized carbons (Fsp3) is 0.800. The van der Waals surface area contributed by atoms with Crippen LogP contribution in [-0.2, 0) is 9.53 Å². The number of hydrogen-bond acceptors (Lipinski definition) is 2. The van der Waals surface area contributed by atoms with E-state index in [1.165, 1.54) is 0 Å². The average molecular weight is 672 g/mol. The van der Waals surface area contributed by atoms with Crippen LogP contribution in [0.2, 0.25) is 0 Å². The van der Waals surface area contributed by atoms with E-state index >= 15 is 0 Å². The van der Waals surface area contributed by atoms with Crippen LogP contribution in [0.15, 0.2) is 12.4 Å². The molecule has 0 aliphatic heterocycles. The highest BCUT2D eigenvalue weighted by atomic mass is 19.4. The van der Waals surface area contributed by atoms with E-state index < -0.39 is 83.8 Å². The summed E-state index contributed by atoms with van der Waals surface area (Å²) in [7, 11) is 0. The van der Waals surface area contributed by atoms with Gasteiger partial charge in [0.05, 0.1) is 0 Å². The second-order valence-electron chi connectivity index (χ2n) is 7.35. The molecule has 41 heavy (non-hydrogen) atoms. The summed E-state index contributed by atoms with van der Waals surface area (Å²) < 4.78 is 318. The Kier molecular flexibility index (Phi) is 9.20. The Labute approximate surface area is 206 Å². The maximum absolute atomic E-state index is 13.6. The van der Waals surface area contributed by atoms with Crippen molar-refractivity contribution in [3.63, 3.8) is 0 Å². The summed E-state index contributed by atoms with van der Waals surface area (Å²) in [4.78, 5) is 10.5. The third-order valence-electron chi connectivity index (χ3n) is 4.58. The number of hydrogen-bond donors (Lipinski definition) is 0. The van der Waals surface area contributed by atoms with E-state index in [0.717, 1.165) is 0 Å².